The third kappa shape index (κ3) is 3.92. The molecule has 1 amide bonds. The quantitative estimate of drug-likeness (QED) is 0.834. The Morgan fingerprint density at radius 2 is 1.83 bits per heavy atom. The lowest BCUT2D eigenvalue weighted by Crippen LogP contribution is -2.45. The van der Waals surface area contributed by atoms with Crippen LogP contribution in [0.1, 0.15) is 13.3 Å². The van der Waals surface area contributed by atoms with Crippen LogP contribution in [0, 0.1) is 5.92 Å². The van der Waals surface area contributed by atoms with Crippen LogP contribution in [0.3, 0.4) is 0 Å². The standard InChI is InChI=1S/C18H25N3O2S/c1-14(22)24-13-15-11-18(23)21(12-15)17-6-4-3-5-16(17)20-9-7-19(2)8-10-20/h3-6,15H,7-13H2,1-2H3. The zero-order chi connectivity index (χ0) is 17.1. The van der Waals surface area contributed by atoms with Crippen LogP contribution in [0.5, 0.6) is 0 Å². The molecule has 0 aliphatic carbocycles. The number of nitrogens with zero attached hydrogens (tertiary/aromatic N) is 3. The van der Waals surface area contributed by atoms with Gasteiger partial charge in [-0.15, -0.1) is 0 Å². The van der Waals surface area contributed by atoms with E-state index in [4.69, 9.17) is 0 Å². The van der Waals surface area contributed by atoms with Crippen LogP contribution < -0.4 is 9.80 Å². The van der Waals surface area contributed by atoms with Crippen molar-refractivity contribution in [1.29, 1.82) is 0 Å². The van der Waals surface area contributed by atoms with Crippen LogP contribution in [-0.2, 0) is 9.59 Å². The number of benzene rings is 1. The van der Waals surface area contributed by atoms with Crippen LogP contribution in [0.25, 0.3) is 0 Å². The third-order valence-electron chi connectivity index (χ3n) is 4.74. The van der Waals surface area contributed by atoms with Gasteiger partial charge in [0, 0.05) is 51.8 Å². The van der Waals surface area contributed by atoms with Gasteiger partial charge in [0.1, 0.15) is 0 Å². The topological polar surface area (TPSA) is 43.9 Å². The van der Waals surface area contributed by atoms with Gasteiger partial charge in [-0.25, -0.2) is 0 Å². The summed E-state index contributed by atoms with van der Waals surface area (Å²) in [5, 5.41) is 0.124. The number of hydrogen-bond donors (Lipinski definition) is 0. The monoisotopic (exact) mass is 347 g/mol. The average Bonchev–Trinajstić information content (AvgIpc) is 2.94. The Kier molecular flexibility index (Phi) is 5.46. The van der Waals surface area contributed by atoms with E-state index in [-0.39, 0.29) is 16.9 Å². The van der Waals surface area contributed by atoms with E-state index in [0.29, 0.717) is 13.0 Å². The molecule has 0 saturated carbocycles. The van der Waals surface area contributed by atoms with Crippen LogP contribution in [0.4, 0.5) is 11.4 Å². The molecule has 5 nitrogen and oxygen atoms in total. The zero-order valence-corrected chi connectivity index (χ0v) is 15.2. The second kappa shape index (κ2) is 7.57. The average molecular weight is 347 g/mol. The maximum Gasteiger partial charge on any atom is 0.227 e. The fourth-order valence-corrected chi connectivity index (χ4v) is 4.06. The molecule has 130 valence electrons. The smallest absolute Gasteiger partial charge is 0.227 e. The van der Waals surface area contributed by atoms with Crippen molar-refractivity contribution in [3.8, 4) is 0 Å². The molecule has 2 aliphatic heterocycles. The van der Waals surface area contributed by atoms with Crippen LogP contribution in [0.15, 0.2) is 24.3 Å². The lowest BCUT2D eigenvalue weighted by molar-refractivity contribution is -0.117. The molecule has 2 heterocycles. The molecule has 1 aromatic rings. The molecule has 24 heavy (non-hydrogen) atoms. The van der Waals surface area contributed by atoms with Crippen LogP contribution in [-0.4, -0.2) is 61.4 Å². The summed E-state index contributed by atoms with van der Waals surface area (Å²) in [5.41, 5.74) is 2.17. The van der Waals surface area contributed by atoms with Crippen molar-refractivity contribution < 1.29 is 9.59 Å². The third-order valence-corrected chi connectivity index (χ3v) is 5.79. The van der Waals surface area contributed by atoms with E-state index in [0.717, 1.165) is 43.3 Å². The van der Waals surface area contributed by atoms with Gasteiger partial charge in [0.25, 0.3) is 0 Å². The van der Waals surface area contributed by atoms with Crippen molar-refractivity contribution in [2.24, 2.45) is 5.92 Å². The SMILES string of the molecule is CC(=O)SCC1CC(=O)N(c2ccccc2N2CCN(C)CC2)C1. The molecule has 2 fully saturated rings. The minimum absolute atomic E-state index is 0.124. The van der Waals surface area contributed by atoms with Crippen molar-refractivity contribution >= 4 is 34.2 Å². The van der Waals surface area contributed by atoms with Gasteiger partial charge in [0.2, 0.25) is 5.91 Å². The fourth-order valence-electron chi connectivity index (χ4n) is 3.37. The first kappa shape index (κ1) is 17.3. The second-order valence-electron chi connectivity index (χ2n) is 6.66. The first-order valence-electron chi connectivity index (χ1n) is 8.51. The minimum Gasteiger partial charge on any atom is -0.367 e. The summed E-state index contributed by atoms with van der Waals surface area (Å²) in [6, 6.07) is 8.21. The predicted molar refractivity (Wildman–Crippen MR) is 99.8 cm³/mol. The van der Waals surface area contributed by atoms with E-state index >= 15 is 0 Å². The van der Waals surface area contributed by atoms with Gasteiger partial charge in [-0.1, -0.05) is 23.9 Å². The maximum atomic E-state index is 12.5. The van der Waals surface area contributed by atoms with E-state index in [2.05, 4.69) is 22.9 Å². The molecule has 2 aliphatic rings. The van der Waals surface area contributed by atoms with Gasteiger partial charge >= 0.3 is 0 Å². The number of piperazine rings is 1. The summed E-state index contributed by atoms with van der Waals surface area (Å²) in [4.78, 5) is 30.3. The Balaban J connectivity index is 1.75. The number of carbonyl (C=O) groups excluding carboxylic acids is 2. The summed E-state index contributed by atoms with van der Waals surface area (Å²) in [5.74, 6) is 1.16. The van der Waals surface area contributed by atoms with Crippen LogP contribution in [0.2, 0.25) is 0 Å². The first-order chi connectivity index (χ1) is 11.5. The maximum absolute atomic E-state index is 12.5. The van der Waals surface area contributed by atoms with Gasteiger partial charge in [-0.05, 0) is 25.1 Å². The number of para-hydroxylation sites is 2. The molecule has 3 rings (SSSR count). The number of hydrogen-bond acceptors (Lipinski definition) is 5. The fraction of sp³-hybridized carbons (Fsp3) is 0.556. The highest BCUT2D eigenvalue weighted by molar-refractivity contribution is 8.13. The molecule has 1 aromatic carbocycles. The number of likely N-dealkylation sites (N-methyl/N-ethyl adjacent to an activating group) is 1. The lowest BCUT2D eigenvalue weighted by Gasteiger charge is -2.36. The summed E-state index contributed by atoms with van der Waals surface area (Å²) in [6.07, 6.45) is 0.539. The Labute approximate surface area is 148 Å². The van der Waals surface area contributed by atoms with Gasteiger partial charge in [-0.2, -0.15) is 0 Å². The minimum atomic E-state index is 0.124. The molecular weight excluding hydrogens is 322 g/mol. The van der Waals surface area contributed by atoms with Gasteiger partial charge in [-0.3, -0.25) is 9.59 Å². The number of amides is 1. The largest absolute Gasteiger partial charge is 0.367 e. The Morgan fingerprint density at radius 3 is 2.50 bits per heavy atom. The van der Waals surface area contributed by atoms with E-state index in [1.54, 1.807) is 6.92 Å². The number of thioether (sulfide) groups is 1. The Bertz CT molecular complexity index is 614. The molecule has 6 heteroatoms. The number of carbonyl (C=O) groups is 2. The Hall–Kier alpha value is -1.53. The molecule has 0 aromatic heterocycles. The van der Waals surface area contributed by atoms with Crippen LogP contribution >= 0.6 is 11.8 Å². The van der Waals surface area contributed by atoms with E-state index in [1.807, 2.05) is 23.1 Å². The second-order valence-corrected chi connectivity index (χ2v) is 7.85. The molecule has 2 saturated heterocycles. The van der Waals surface area contributed by atoms with Crippen molar-refractivity contribution in [3.05, 3.63) is 24.3 Å². The summed E-state index contributed by atoms with van der Waals surface area (Å²) >= 11 is 1.33. The molecule has 0 spiro atoms. The summed E-state index contributed by atoms with van der Waals surface area (Å²) < 4.78 is 0. The lowest BCUT2D eigenvalue weighted by atomic mass is 10.1. The highest BCUT2D eigenvalue weighted by Gasteiger charge is 2.32. The highest BCUT2D eigenvalue weighted by atomic mass is 32.2. The van der Waals surface area contributed by atoms with Gasteiger partial charge < -0.3 is 14.7 Å². The molecule has 0 radical (unpaired) electrons. The molecule has 0 N–H and O–H groups in total. The van der Waals surface area contributed by atoms with Gasteiger partial charge in [0.15, 0.2) is 5.12 Å². The number of rotatable bonds is 4. The van der Waals surface area contributed by atoms with Crippen molar-refractivity contribution in [1.82, 2.24) is 4.90 Å². The summed E-state index contributed by atoms with van der Waals surface area (Å²) in [7, 11) is 2.14. The predicted octanol–water partition coefficient (Wildman–Crippen LogP) is 2.07. The van der Waals surface area contributed by atoms with Gasteiger partial charge in [0.05, 0.1) is 11.4 Å². The number of anilines is 2. The van der Waals surface area contributed by atoms with Crippen molar-refractivity contribution in [2.45, 2.75) is 13.3 Å². The summed E-state index contributed by atoms with van der Waals surface area (Å²) in [6.45, 7) is 6.35. The molecular formula is C18H25N3O2S. The van der Waals surface area contributed by atoms with E-state index in [9.17, 15) is 9.59 Å². The highest BCUT2D eigenvalue weighted by Crippen LogP contribution is 2.35. The van der Waals surface area contributed by atoms with E-state index in [1.165, 1.54) is 11.8 Å². The van der Waals surface area contributed by atoms with Crippen molar-refractivity contribution in [3.63, 3.8) is 0 Å². The molecule has 1 unspecified atom stereocenters. The molecule has 1 atom stereocenters. The van der Waals surface area contributed by atoms with E-state index < -0.39 is 0 Å². The first-order valence-corrected chi connectivity index (χ1v) is 9.49. The Morgan fingerprint density at radius 1 is 1.17 bits per heavy atom. The van der Waals surface area contributed by atoms with Crippen molar-refractivity contribution in [2.75, 3.05) is 55.3 Å². The zero-order valence-electron chi connectivity index (χ0n) is 14.4. The molecule has 0 bridgehead atoms. The normalized spacial score (nSPS) is 22.2.